The highest BCUT2D eigenvalue weighted by molar-refractivity contribution is 7.92. The number of hydrogen-bond donors (Lipinski definition) is 2. The van der Waals surface area contributed by atoms with Gasteiger partial charge in [0, 0.05) is 24.2 Å². The van der Waals surface area contributed by atoms with E-state index in [9.17, 15) is 18.3 Å². The molecule has 0 unspecified atom stereocenters. The van der Waals surface area contributed by atoms with E-state index in [1.54, 1.807) is 18.2 Å². The first-order chi connectivity index (χ1) is 14.9. The highest BCUT2D eigenvalue weighted by atomic mass is 32.2. The van der Waals surface area contributed by atoms with Gasteiger partial charge in [0.05, 0.1) is 12.7 Å². The number of carboxylic acid groups (broad SMARTS) is 1. The van der Waals surface area contributed by atoms with Crippen LogP contribution in [0.2, 0.25) is 0 Å². The van der Waals surface area contributed by atoms with Crippen molar-refractivity contribution in [3.05, 3.63) is 53.9 Å². The highest BCUT2D eigenvalue weighted by Gasteiger charge is 2.23. The smallest absolute Gasteiger partial charge is 0.335 e. The zero-order chi connectivity index (χ0) is 22.0. The fourth-order valence-corrected chi connectivity index (χ4v) is 4.90. The molecular weight excluding hydrogens is 420 g/mol. The molecule has 0 bridgehead atoms. The normalized spacial score (nSPS) is 13.8. The summed E-state index contributed by atoms with van der Waals surface area (Å²) in [7, 11) is -2.78. The van der Waals surface area contributed by atoms with E-state index in [-0.39, 0.29) is 16.2 Å². The van der Waals surface area contributed by atoms with Crippen molar-refractivity contribution in [1.82, 2.24) is 14.8 Å². The molecule has 162 valence electrons. The number of fused-ring (bicyclic) bond motifs is 1. The van der Waals surface area contributed by atoms with E-state index in [4.69, 9.17) is 4.74 Å². The molecule has 10 heteroatoms. The first kappa shape index (κ1) is 20.9. The lowest BCUT2D eigenvalue weighted by Crippen LogP contribution is -2.15. The largest absolute Gasteiger partial charge is 0.495 e. The standard InChI is InChI=1S/C21H22N4O5S/c1-30-17-10-9-15(21(26)27)13-18(17)31(28,29)24-16-7-5-6-14(12-16)20-23-22-19-8-3-2-4-11-25(19)20/h5-7,9-10,12-13,24H,2-4,8,11H2,1H3,(H,26,27). The van der Waals surface area contributed by atoms with Crippen LogP contribution in [0, 0.1) is 0 Å². The summed E-state index contributed by atoms with van der Waals surface area (Å²) in [6, 6.07) is 10.6. The van der Waals surface area contributed by atoms with Gasteiger partial charge in [0.15, 0.2) is 5.82 Å². The molecule has 4 rings (SSSR count). The number of nitrogens with zero attached hydrogens (tertiary/aromatic N) is 3. The van der Waals surface area contributed by atoms with Crippen LogP contribution in [0.1, 0.15) is 35.4 Å². The van der Waals surface area contributed by atoms with Gasteiger partial charge in [0.2, 0.25) is 0 Å². The summed E-state index contributed by atoms with van der Waals surface area (Å²) in [6.45, 7) is 0.826. The quantitative estimate of drug-likeness (QED) is 0.601. The number of aromatic carboxylic acids is 1. The van der Waals surface area contributed by atoms with Gasteiger partial charge in [-0.3, -0.25) is 4.72 Å². The van der Waals surface area contributed by atoms with Crippen LogP contribution in [0.25, 0.3) is 11.4 Å². The van der Waals surface area contributed by atoms with Gasteiger partial charge in [-0.25, -0.2) is 13.2 Å². The van der Waals surface area contributed by atoms with Crippen LogP contribution in [-0.4, -0.2) is 41.4 Å². The molecule has 0 amide bonds. The Balaban J connectivity index is 1.68. The van der Waals surface area contributed by atoms with Crippen molar-refractivity contribution in [2.45, 2.75) is 37.1 Å². The third kappa shape index (κ3) is 4.24. The zero-order valence-electron chi connectivity index (χ0n) is 16.9. The summed E-state index contributed by atoms with van der Waals surface area (Å²) in [4.78, 5) is 11.0. The number of aromatic nitrogens is 3. The Bertz CT molecular complexity index is 1240. The Kier molecular flexibility index (Phi) is 5.64. The summed E-state index contributed by atoms with van der Waals surface area (Å²) in [5.41, 5.74) is 0.916. The second kappa shape index (κ2) is 8.38. The number of benzene rings is 2. The molecule has 0 atom stereocenters. The lowest BCUT2D eigenvalue weighted by molar-refractivity contribution is 0.0696. The molecule has 0 aliphatic carbocycles. The summed E-state index contributed by atoms with van der Waals surface area (Å²) >= 11 is 0. The van der Waals surface area contributed by atoms with E-state index in [2.05, 4.69) is 19.5 Å². The molecule has 1 aromatic heterocycles. The first-order valence-corrected chi connectivity index (χ1v) is 11.3. The number of hydrogen-bond acceptors (Lipinski definition) is 6. The number of sulfonamides is 1. The van der Waals surface area contributed by atoms with Crippen molar-refractivity contribution in [2.24, 2.45) is 0 Å². The number of carbonyl (C=O) groups is 1. The second-order valence-electron chi connectivity index (χ2n) is 7.26. The summed E-state index contributed by atoms with van der Waals surface area (Å²) < 4.78 is 35.8. The van der Waals surface area contributed by atoms with E-state index in [1.807, 2.05) is 6.07 Å². The monoisotopic (exact) mass is 442 g/mol. The van der Waals surface area contributed by atoms with Crippen molar-refractivity contribution >= 4 is 21.7 Å². The van der Waals surface area contributed by atoms with Crippen molar-refractivity contribution in [1.29, 1.82) is 0 Å². The summed E-state index contributed by atoms with van der Waals surface area (Å²) in [6.07, 6.45) is 4.14. The van der Waals surface area contributed by atoms with Crippen molar-refractivity contribution in [3.8, 4) is 17.1 Å². The molecule has 0 fully saturated rings. The van der Waals surface area contributed by atoms with Crippen LogP contribution >= 0.6 is 0 Å². The molecule has 2 N–H and O–H groups in total. The fraction of sp³-hybridized carbons (Fsp3) is 0.286. The van der Waals surface area contributed by atoms with Gasteiger partial charge in [-0.1, -0.05) is 18.6 Å². The van der Waals surface area contributed by atoms with Gasteiger partial charge in [-0.15, -0.1) is 10.2 Å². The number of ether oxygens (including phenoxy) is 1. The SMILES string of the molecule is COc1ccc(C(=O)O)cc1S(=O)(=O)Nc1cccc(-c2nnc3n2CCCCC3)c1. The van der Waals surface area contributed by atoms with Gasteiger partial charge in [-0.05, 0) is 43.2 Å². The number of rotatable bonds is 6. The van der Waals surface area contributed by atoms with Gasteiger partial charge < -0.3 is 14.4 Å². The molecule has 0 saturated heterocycles. The maximum Gasteiger partial charge on any atom is 0.335 e. The van der Waals surface area contributed by atoms with Crippen molar-refractivity contribution < 1.29 is 23.1 Å². The minimum atomic E-state index is -4.10. The number of nitrogens with one attached hydrogen (secondary N) is 1. The maximum atomic E-state index is 13.0. The molecule has 3 aromatic rings. The molecule has 2 heterocycles. The maximum absolute atomic E-state index is 13.0. The topological polar surface area (TPSA) is 123 Å². The molecule has 31 heavy (non-hydrogen) atoms. The Morgan fingerprint density at radius 3 is 2.74 bits per heavy atom. The lowest BCUT2D eigenvalue weighted by Gasteiger charge is -2.13. The minimum Gasteiger partial charge on any atom is -0.495 e. The van der Waals surface area contributed by atoms with Crippen molar-refractivity contribution in [2.75, 3.05) is 11.8 Å². The lowest BCUT2D eigenvalue weighted by atomic mass is 10.2. The van der Waals surface area contributed by atoms with E-state index >= 15 is 0 Å². The molecule has 2 aromatic carbocycles. The Morgan fingerprint density at radius 1 is 1.13 bits per heavy atom. The summed E-state index contributed by atoms with van der Waals surface area (Å²) in [5.74, 6) is 0.460. The van der Waals surface area contributed by atoms with Crippen molar-refractivity contribution in [3.63, 3.8) is 0 Å². The van der Waals surface area contributed by atoms with Gasteiger partial charge in [0.1, 0.15) is 16.5 Å². The number of anilines is 1. The Morgan fingerprint density at radius 2 is 1.97 bits per heavy atom. The van der Waals surface area contributed by atoms with Crippen LogP contribution in [0.5, 0.6) is 5.75 Å². The van der Waals surface area contributed by atoms with E-state index < -0.39 is 16.0 Å². The van der Waals surface area contributed by atoms with Crippen LogP contribution in [0.15, 0.2) is 47.4 Å². The first-order valence-electron chi connectivity index (χ1n) is 9.86. The third-order valence-corrected chi connectivity index (χ3v) is 6.59. The molecule has 1 aliphatic rings. The molecule has 0 radical (unpaired) electrons. The highest BCUT2D eigenvalue weighted by Crippen LogP contribution is 2.29. The summed E-state index contributed by atoms with van der Waals surface area (Å²) in [5, 5.41) is 17.8. The number of methoxy groups -OCH3 is 1. The molecule has 0 spiro atoms. The van der Waals surface area contributed by atoms with Crippen LogP contribution < -0.4 is 9.46 Å². The van der Waals surface area contributed by atoms with Gasteiger partial charge in [-0.2, -0.15) is 0 Å². The molecule has 0 saturated carbocycles. The van der Waals surface area contributed by atoms with Crippen LogP contribution in [0.4, 0.5) is 5.69 Å². The molecule has 1 aliphatic heterocycles. The van der Waals surface area contributed by atoms with E-state index in [0.29, 0.717) is 11.5 Å². The Labute approximate surface area is 179 Å². The number of carboxylic acids is 1. The average molecular weight is 442 g/mol. The third-order valence-electron chi connectivity index (χ3n) is 5.18. The zero-order valence-corrected chi connectivity index (χ0v) is 17.7. The molecule has 9 nitrogen and oxygen atoms in total. The minimum absolute atomic E-state index is 0.0523. The van der Waals surface area contributed by atoms with Crippen LogP contribution in [0.3, 0.4) is 0 Å². The van der Waals surface area contributed by atoms with Crippen LogP contribution in [-0.2, 0) is 23.0 Å². The van der Waals surface area contributed by atoms with Gasteiger partial charge in [0.25, 0.3) is 10.0 Å². The second-order valence-corrected chi connectivity index (χ2v) is 8.91. The Hall–Kier alpha value is -3.40. The molecular formula is C21H22N4O5S. The van der Waals surface area contributed by atoms with E-state index in [1.165, 1.54) is 19.2 Å². The predicted molar refractivity (Wildman–Crippen MR) is 114 cm³/mol. The van der Waals surface area contributed by atoms with E-state index in [0.717, 1.165) is 49.7 Å². The fourth-order valence-electron chi connectivity index (χ4n) is 3.65. The average Bonchev–Trinajstić information content (AvgIpc) is 3.01. The number of aryl methyl sites for hydroxylation is 1. The van der Waals surface area contributed by atoms with Gasteiger partial charge >= 0.3 is 5.97 Å². The predicted octanol–water partition coefficient (Wildman–Crippen LogP) is 3.18.